The predicted molar refractivity (Wildman–Crippen MR) is 92.0 cm³/mol. The fourth-order valence-corrected chi connectivity index (χ4v) is 3.41. The van der Waals surface area contributed by atoms with Crippen LogP contribution in [0.1, 0.15) is 33.6 Å². The number of carbonyl (C=O) groups excluding carboxylic acids is 3. The summed E-state index contributed by atoms with van der Waals surface area (Å²) in [7, 11) is 0. The summed E-state index contributed by atoms with van der Waals surface area (Å²) in [5.41, 5.74) is 0.421. The zero-order chi connectivity index (χ0) is 17.2. The molecule has 1 aromatic rings. The molecule has 0 aromatic heterocycles. The van der Waals surface area contributed by atoms with Gasteiger partial charge in [0.2, 0.25) is 5.91 Å². The monoisotopic (exact) mass is 380 g/mol. The summed E-state index contributed by atoms with van der Waals surface area (Å²) < 4.78 is 0.909. The van der Waals surface area contributed by atoms with Crippen LogP contribution in [-0.4, -0.2) is 17.7 Å². The van der Waals surface area contributed by atoms with E-state index in [9.17, 15) is 14.4 Å². The minimum Gasteiger partial charge on any atom is -0.308 e. The molecule has 1 aliphatic carbocycles. The number of Topliss-reactive ketones (excluding diaryl/α,β-unsaturated/α-hetero) is 1. The van der Waals surface area contributed by atoms with Crippen LogP contribution in [0.4, 0.5) is 10.5 Å². The second-order valence-corrected chi connectivity index (χ2v) is 7.55. The zero-order valence-electron chi connectivity index (χ0n) is 13.5. The number of hydrogen-bond acceptors (Lipinski definition) is 3. The first-order chi connectivity index (χ1) is 10.7. The standard InChI is InChI=1S/C17H21BrN2O3/c1-10(21)14-8-11(17(14,2)3)9-15(22)20-16(23)19-13-6-4-12(18)5-7-13/h4-7,11,14H,8-9H2,1-3H3,(H2,19,20,22,23)/t11-,14+/m1/s1. The van der Waals surface area contributed by atoms with Crippen molar-refractivity contribution in [2.24, 2.45) is 17.3 Å². The van der Waals surface area contributed by atoms with Crippen molar-refractivity contribution in [1.29, 1.82) is 0 Å². The number of anilines is 1. The van der Waals surface area contributed by atoms with E-state index in [-0.39, 0.29) is 35.4 Å². The lowest BCUT2D eigenvalue weighted by Gasteiger charge is -2.51. The van der Waals surface area contributed by atoms with Crippen LogP contribution >= 0.6 is 15.9 Å². The molecule has 1 aliphatic rings. The van der Waals surface area contributed by atoms with Gasteiger partial charge in [0, 0.05) is 22.5 Å². The number of nitrogens with one attached hydrogen (secondary N) is 2. The van der Waals surface area contributed by atoms with Gasteiger partial charge in [0.25, 0.3) is 0 Å². The quantitative estimate of drug-likeness (QED) is 0.835. The van der Waals surface area contributed by atoms with Gasteiger partial charge in [-0.05, 0) is 48.9 Å². The first kappa shape index (κ1) is 17.7. The van der Waals surface area contributed by atoms with Crippen molar-refractivity contribution in [3.8, 4) is 0 Å². The maximum absolute atomic E-state index is 12.0. The Labute approximate surface area is 144 Å². The number of ketones is 1. The molecule has 1 saturated carbocycles. The molecule has 1 fully saturated rings. The van der Waals surface area contributed by atoms with Gasteiger partial charge in [-0.2, -0.15) is 0 Å². The van der Waals surface area contributed by atoms with Crippen LogP contribution in [0.15, 0.2) is 28.7 Å². The molecule has 0 bridgehead atoms. The molecule has 2 atom stereocenters. The Bertz CT molecular complexity index is 625. The normalized spacial score (nSPS) is 21.9. The number of imide groups is 1. The van der Waals surface area contributed by atoms with E-state index in [4.69, 9.17) is 0 Å². The summed E-state index contributed by atoms with van der Waals surface area (Å²) in [6.45, 7) is 5.60. The summed E-state index contributed by atoms with van der Waals surface area (Å²) in [6, 6.07) is 6.53. The second kappa shape index (κ2) is 6.83. The van der Waals surface area contributed by atoms with Gasteiger partial charge in [-0.25, -0.2) is 4.79 Å². The Balaban J connectivity index is 1.82. The molecular weight excluding hydrogens is 360 g/mol. The molecule has 3 amide bonds. The van der Waals surface area contributed by atoms with Crippen LogP contribution < -0.4 is 10.6 Å². The molecule has 0 aliphatic heterocycles. The maximum Gasteiger partial charge on any atom is 0.325 e. The van der Waals surface area contributed by atoms with E-state index < -0.39 is 6.03 Å². The lowest BCUT2D eigenvalue weighted by atomic mass is 9.52. The van der Waals surface area contributed by atoms with Crippen LogP contribution in [0, 0.1) is 17.3 Å². The second-order valence-electron chi connectivity index (χ2n) is 6.63. The van der Waals surface area contributed by atoms with Crippen molar-refractivity contribution in [3.05, 3.63) is 28.7 Å². The van der Waals surface area contributed by atoms with Gasteiger partial charge in [0.05, 0.1) is 0 Å². The Morgan fingerprint density at radius 3 is 2.35 bits per heavy atom. The van der Waals surface area contributed by atoms with Gasteiger partial charge in [-0.15, -0.1) is 0 Å². The van der Waals surface area contributed by atoms with E-state index in [2.05, 4.69) is 26.6 Å². The van der Waals surface area contributed by atoms with E-state index in [1.165, 1.54) is 0 Å². The van der Waals surface area contributed by atoms with Crippen LogP contribution in [0.25, 0.3) is 0 Å². The highest BCUT2D eigenvalue weighted by Crippen LogP contribution is 2.53. The topological polar surface area (TPSA) is 75.3 Å². The van der Waals surface area contributed by atoms with E-state index in [1.807, 2.05) is 13.8 Å². The van der Waals surface area contributed by atoms with Crippen molar-refractivity contribution in [1.82, 2.24) is 5.32 Å². The highest BCUT2D eigenvalue weighted by atomic mass is 79.9. The molecule has 0 spiro atoms. The first-order valence-corrected chi connectivity index (χ1v) is 8.36. The van der Waals surface area contributed by atoms with Gasteiger partial charge >= 0.3 is 6.03 Å². The summed E-state index contributed by atoms with van der Waals surface area (Å²) in [5, 5.41) is 4.95. The molecule has 0 heterocycles. The first-order valence-electron chi connectivity index (χ1n) is 7.57. The maximum atomic E-state index is 12.0. The van der Waals surface area contributed by atoms with Crippen LogP contribution in [-0.2, 0) is 9.59 Å². The fraction of sp³-hybridized carbons (Fsp3) is 0.471. The third kappa shape index (κ3) is 4.19. The van der Waals surface area contributed by atoms with E-state index in [0.717, 1.165) is 4.47 Å². The molecule has 2 N–H and O–H groups in total. The Hall–Kier alpha value is -1.69. The number of hydrogen-bond donors (Lipinski definition) is 2. The number of halogens is 1. The average molecular weight is 381 g/mol. The van der Waals surface area contributed by atoms with Crippen LogP contribution in [0.5, 0.6) is 0 Å². The minimum absolute atomic E-state index is 0.0110. The van der Waals surface area contributed by atoms with Crippen molar-refractivity contribution >= 4 is 39.3 Å². The highest BCUT2D eigenvalue weighted by molar-refractivity contribution is 9.10. The Kier molecular flexibility index (Phi) is 5.24. The SMILES string of the molecule is CC(=O)[C@@H]1C[C@H](CC(=O)NC(=O)Nc2ccc(Br)cc2)C1(C)C. The van der Waals surface area contributed by atoms with Crippen molar-refractivity contribution < 1.29 is 14.4 Å². The van der Waals surface area contributed by atoms with E-state index >= 15 is 0 Å². The zero-order valence-corrected chi connectivity index (χ0v) is 15.1. The number of amides is 3. The van der Waals surface area contributed by atoms with Crippen LogP contribution in [0.2, 0.25) is 0 Å². The molecule has 23 heavy (non-hydrogen) atoms. The average Bonchev–Trinajstić information content (AvgIpc) is 2.45. The molecule has 1 aromatic carbocycles. The molecule has 2 rings (SSSR count). The third-order valence-electron chi connectivity index (χ3n) is 4.75. The van der Waals surface area contributed by atoms with Gasteiger partial charge in [-0.3, -0.25) is 14.9 Å². The van der Waals surface area contributed by atoms with Gasteiger partial charge in [-0.1, -0.05) is 29.8 Å². The van der Waals surface area contributed by atoms with E-state index in [0.29, 0.717) is 12.1 Å². The molecule has 0 unspecified atom stereocenters. The lowest BCUT2D eigenvalue weighted by Crippen LogP contribution is -2.50. The summed E-state index contributed by atoms with van der Waals surface area (Å²) >= 11 is 3.31. The number of urea groups is 1. The minimum atomic E-state index is -0.544. The molecule has 0 radical (unpaired) electrons. The number of benzene rings is 1. The van der Waals surface area contributed by atoms with Crippen molar-refractivity contribution in [2.45, 2.75) is 33.6 Å². The smallest absolute Gasteiger partial charge is 0.308 e. The van der Waals surface area contributed by atoms with E-state index in [1.54, 1.807) is 31.2 Å². The van der Waals surface area contributed by atoms with Gasteiger partial charge in [0.1, 0.15) is 5.78 Å². The summed E-state index contributed by atoms with van der Waals surface area (Å²) in [5.74, 6) is -0.0203. The Morgan fingerprint density at radius 1 is 1.22 bits per heavy atom. The predicted octanol–water partition coefficient (Wildman–Crippen LogP) is 3.74. The summed E-state index contributed by atoms with van der Waals surface area (Å²) in [4.78, 5) is 35.3. The van der Waals surface area contributed by atoms with Crippen LogP contribution in [0.3, 0.4) is 0 Å². The van der Waals surface area contributed by atoms with Gasteiger partial charge in [0.15, 0.2) is 0 Å². The van der Waals surface area contributed by atoms with Crippen molar-refractivity contribution in [3.63, 3.8) is 0 Å². The molecule has 0 saturated heterocycles. The number of carbonyl (C=O) groups is 3. The van der Waals surface area contributed by atoms with Crippen molar-refractivity contribution in [2.75, 3.05) is 5.32 Å². The molecule has 124 valence electrons. The fourth-order valence-electron chi connectivity index (χ4n) is 3.15. The molecule has 5 nitrogen and oxygen atoms in total. The lowest BCUT2D eigenvalue weighted by molar-refractivity contribution is -0.140. The largest absolute Gasteiger partial charge is 0.325 e. The molecule has 6 heteroatoms. The Morgan fingerprint density at radius 2 is 1.83 bits per heavy atom. The summed E-state index contributed by atoms with van der Waals surface area (Å²) in [6.07, 6.45) is 0.967. The van der Waals surface area contributed by atoms with Gasteiger partial charge < -0.3 is 5.32 Å². The highest BCUT2D eigenvalue weighted by Gasteiger charge is 2.50. The number of rotatable bonds is 4. The third-order valence-corrected chi connectivity index (χ3v) is 5.28. The molecular formula is C17H21BrN2O3.